The summed E-state index contributed by atoms with van der Waals surface area (Å²) in [6, 6.07) is 1.79. The number of aryl methyl sites for hydroxylation is 2. The molecule has 0 bridgehead atoms. The number of aromatic nitrogens is 1. The van der Waals surface area contributed by atoms with E-state index in [4.69, 9.17) is 15.6 Å². The predicted molar refractivity (Wildman–Crippen MR) is 76.2 cm³/mol. The first-order valence-corrected chi connectivity index (χ1v) is 6.78. The molecule has 0 spiro atoms. The first kappa shape index (κ1) is 15.2. The van der Waals surface area contributed by atoms with E-state index in [0.29, 0.717) is 30.8 Å². The maximum Gasteiger partial charge on any atom is 0.332 e. The summed E-state index contributed by atoms with van der Waals surface area (Å²) in [4.78, 5) is 26.6. The SMILES string of the molecule is Cc1cc(C)c(C(N)=O)c(NCC2CCC(C(=O)O)O2)n1. The number of pyridine rings is 1. The Balaban J connectivity index is 2.07. The minimum atomic E-state index is -0.945. The molecule has 7 heteroatoms. The molecule has 21 heavy (non-hydrogen) atoms. The number of amides is 1. The highest BCUT2D eigenvalue weighted by Gasteiger charge is 2.30. The average molecular weight is 293 g/mol. The molecule has 2 atom stereocenters. The highest BCUT2D eigenvalue weighted by molar-refractivity contribution is 5.99. The summed E-state index contributed by atoms with van der Waals surface area (Å²) in [6.07, 6.45) is 0.180. The first-order chi connectivity index (χ1) is 9.88. The Kier molecular flexibility index (Phi) is 4.42. The second-order valence-electron chi connectivity index (χ2n) is 5.21. The zero-order chi connectivity index (χ0) is 15.6. The van der Waals surface area contributed by atoms with Gasteiger partial charge in [-0.25, -0.2) is 9.78 Å². The monoisotopic (exact) mass is 293 g/mol. The molecule has 2 heterocycles. The molecule has 0 aromatic carbocycles. The number of anilines is 1. The van der Waals surface area contributed by atoms with Gasteiger partial charge in [-0.3, -0.25) is 4.79 Å². The number of ether oxygens (including phenoxy) is 1. The zero-order valence-corrected chi connectivity index (χ0v) is 12.0. The third-order valence-electron chi connectivity index (χ3n) is 3.47. The molecule has 1 fully saturated rings. The van der Waals surface area contributed by atoms with Crippen molar-refractivity contribution in [2.24, 2.45) is 5.73 Å². The van der Waals surface area contributed by atoms with Crippen molar-refractivity contribution in [3.8, 4) is 0 Å². The number of nitrogens with two attached hydrogens (primary N) is 1. The molecule has 1 aromatic rings. The van der Waals surface area contributed by atoms with Gasteiger partial charge in [0.25, 0.3) is 5.91 Å². The lowest BCUT2D eigenvalue weighted by atomic mass is 10.1. The molecule has 114 valence electrons. The molecule has 1 saturated heterocycles. The van der Waals surface area contributed by atoms with Gasteiger partial charge in [0, 0.05) is 12.2 Å². The van der Waals surface area contributed by atoms with Crippen molar-refractivity contribution in [1.29, 1.82) is 0 Å². The highest BCUT2D eigenvalue weighted by atomic mass is 16.5. The van der Waals surface area contributed by atoms with Crippen LogP contribution in [-0.4, -0.2) is 40.7 Å². The van der Waals surface area contributed by atoms with Crippen molar-refractivity contribution in [3.63, 3.8) is 0 Å². The Morgan fingerprint density at radius 3 is 2.76 bits per heavy atom. The number of carbonyl (C=O) groups excluding carboxylic acids is 1. The number of aliphatic carboxylic acids is 1. The van der Waals surface area contributed by atoms with Crippen LogP contribution < -0.4 is 11.1 Å². The van der Waals surface area contributed by atoms with E-state index in [9.17, 15) is 9.59 Å². The van der Waals surface area contributed by atoms with Gasteiger partial charge in [0.05, 0.1) is 11.7 Å². The van der Waals surface area contributed by atoms with Crippen molar-refractivity contribution < 1.29 is 19.4 Å². The molecule has 1 aromatic heterocycles. The number of nitrogens with one attached hydrogen (secondary N) is 1. The lowest BCUT2D eigenvalue weighted by Crippen LogP contribution is -2.26. The maximum absolute atomic E-state index is 11.5. The van der Waals surface area contributed by atoms with E-state index in [-0.39, 0.29) is 6.10 Å². The van der Waals surface area contributed by atoms with Crippen LogP contribution in [0.25, 0.3) is 0 Å². The minimum absolute atomic E-state index is 0.213. The van der Waals surface area contributed by atoms with Gasteiger partial charge in [-0.15, -0.1) is 0 Å². The summed E-state index contributed by atoms with van der Waals surface area (Å²) < 4.78 is 5.40. The van der Waals surface area contributed by atoms with E-state index < -0.39 is 18.0 Å². The number of primary amides is 1. The molecule has 1 aliphatic heterocycles. The molecule has 0 radical (unpaired) electrons. The average Bonchev–Trinajstić information content (AvgIpc) is 2.83. The van der Waals surface area contributed by atoms with Crippen molar-refractivity contribution in [2.45, 2.75) is 38.9 Å². The fourth-order valence-electron chi connectivity index (χ4n) is 2.52. The van der Waals surface area contributed by atoms with E-state index in [0.717, 1.165) is 11.3 Å². The first-order valence-electron chi connectivity index (χ1n) is 6.78. The lowest BCUT2D eigenvalue weighted by molar-refractivity contribution is -0.149. The molecular weight excluding hydrogens is 274 g/mol. The number of carbonyl (C=O) groups is 2. The van der Waals surface area contributed by atoms with Crippen LogP contribution in [0.2, 0.25) is 0 Å². The number of carboxylic acids is 1. The molecule has 1 aliphatic rings. The smallest absolute Gasteiger partial charge is 0.332 e. The summed E-state index contributed by atoms with van der Waals surface area (Å²) in [7, 11) is 0. The number of rotatable bonds is 5. The minimum Gasteiger partial charge on any atom is -0.479 e. The molecule has 2 unspecified atom stereocenters. The molecule has 2 rings (SSSR count). The van der Waals surface area contributed by atoms with Gasteiger partial charge in [-0.05, 0) is 38.3 Å². The van der Waals surface area contributed by atoms with Gasteiger partial charge >= 0.3 is 5.97 Å². The Labute approximate surface area is 122 Å². The fourth-order valence-corrected chi connectivity index (χ4v) is 2.52. The molecule has 1 amide bonds. The molecule has 7 nitrogen and oxygen atoms in total. The van der Waals surface area contributed by atoms with Gasteiger partial charge in [0.1, 0.15) is 5.82 Å². The highest BCUT2D eigenvalue weighted by Crippen LogP contribution is 2.22. The van der Waals surface area contributed by atoms with E-state index in [1.54, 1.807) is 13.0 Å². The molecule has 4 N–H and O–H groups in total. The van der Waals surface area contributed by atoms with E-state index >= 15 is 0 Å². The number of hydrogen-bond acceptors (Lipinski definition) is 5. The van der Waals surface area contributed by atoms with Crippen molar-refractivity contribution in [2.75, 3.05) is 11.9 Å². The Morgan fingerprint density at radius 2 is 2.19 bits per heavy atom. The van der Waals surface area contributed by atoms with E-state index in [2.05, 4.69) is 10.3 Å². The van der Waals surface area contributed by atoms with Crippen LogP contribution in [0.4, 0.5) is 5.82 Å². The van der Waals surface area contributed by atoms with Gasteiger partial charge < -0.3 is 20.9 Å². The van der Waals surface area contributed by atoms with Gasteiger partial charge in [-0.1, -0.05) is 0 Å². The second-order valence-corrected chi connectivity index (χ2v) is 5.21. The van der Waals surface area contributed by atoms with Crippen LogP contribution in [0.5, 0.6) is 0 Å². The van der Waals surface area contributed by atoms with Gasteiger partial charge in [-0.2, -0.15) is 0 Å². The zero-order valence-electron chi connectivity index (χ0n) is 12.0. The largest absolute Gasteiger partial charge is 0.479 e. The summed E-state index contributed by atoms with van der Waals surface area (Å²) in [5.74, 6) is -1.07. The van der Waals surface area contributed by atoms with Crippen LogP contribution in [0.3, 0.4) is 0 Å². The Morgan fingerprint density at radius 1 is 1.48 bits per heavy atom. The Hall–Kier alpha value is -2.15. The number of hydrogen-bond donors (Lipinski definition) is 3. The van der Waals surface area contributed by atoms with Crippen LogP contribution in [0.15, 0.2) is 6.07 Å². The van der Waals surface area contributed by atoms with Crippen LogP contribution in [0.1, 0.15) is 34.5 Å². The summed E-state index contributed by atoms with van der Waals surface area (Å²) in [5.41, 5.74) is 7.27. The van der Waals surface area contributed by atoms with Crippen molar-refractivity contribution in [1.82, 2.24) is 4.98 Å². The third kappa shape index (κ3) is 3.49. The summed E-state index contributed by atoms with van der Waals surface area (Å²) >= 11 is 0. The van der Waals surface area contributed by atoms with Crippen molar-refractivity contribution in [3.05, 3.63) is 22.9 Å². The molecular formula is C14H19N3O4. The fraction of sp³-hybridized carbons (Fsp3) is 0.500. The number of carboxylic acid groups (broad SMARTS) is 1. The lowest BCUT2D eigenvalue weighted by Gasteiger charge is -2.16. The van der Waals surface area contributed by atoms with Gasteiger partial charge in [0.2, 0.25) is 0 Å². The summed E-state index contributed by atoms with van der Waals surface area (Å²) in [6.45, 7) is 4.02. The molecule has 0 saturated carbocycles. The van der Waals surface area contributed by atoms with Crippen LogP contribution >= 0.6 is 0 Å². The quantitative estimate of drug-likeness (QED) is 0.741. The standard InChI is InChI=1S/C14H19N3O4/c1-7-5-8(2)17-13(11(7)12(15)18)16-6-9-3-4-10(21-9)14(19)20/h5,9-10H,3-4,6H2,1-2H3,(H2,15,18)(H,16,17)(H,19,20). The van der Waals surface area contributed by atoms with Crippen molar-refractivity contribution >= 4 is 17.7 Å². The van der Waals surface area contributed by atoms with Crippen LogP contribution in [-0.2, 0) is 9.53 Å². The number of nitrogens with zero attached hydrogens (tertiary/aromatic N) is 1. The maximum atomic E-state index is 11.5. The topological polar surface area (TPSA) is 115 Å². The van der Waals surface area contributed by atoms with E-state index in [1.165, 1.54) is 0 Å². The Bertz CT molecular complexity index is 574. The second kappa shape index (κ2) is 6.09. The molecule has 0 aliphatic carbocycles. The summed E-state index contributed by atoms with van der Waals surface area (Å²) in [5, 5.41) is 11.9. The predicted octanol–water partition coefficient (Wildman–Crippen LogP) is 0.841. The van der Waals surface area contributed by atoms with E-state index in [1.807, 2.05) is 6.92 Å². The van der Waals surface area contributed by atoms with Gasteiger partial charge in [0.15, 0.2) is 6.10 Å². The normalized spacial score (nSPS) is 21.2. The van der Waals surface area contributed by atoms with Crippen LogP contribution in [0, 0.1) is 13.8 Å². The third-order valence-corrected chi connectivity index (χ3v) is 3.47.